The number of aromatic nitrogens is 1. The van der Waals surface area contributed by atoms with E-state index in [9.17, 15) is 10.2 Å². The van der Waals surface area contributed by atoms with Crippen LogP contribution in [0.4, 0.5) is 0 Å². The molecule has 4 aliphatic rings. The highest BCUT2D eigenvalue weighted by Crippen LogP contribution is 2.67. The fraction of sp³-hybridized carbons (Fsp3) is 0.720. The van der Waals surface area contributed by atoms with Crippen LogP contribution >= 0.6 is 17.0 Å². The van der Waals surface area contributed by atoms with Crippen molar-refractivity contribution >= 4 is 17.0 Å². The minimum atomic E-state index is -0.634. The van der Waals surface area contributed by atoms with E-state index in [-0.39, 0.29) is 33.9 Å². The Balaban J connectivity index is 0.00000205. The van der Waals surface area contributed by atoms with Crippen LogP contribution in [0.15, 0.2) is 36.0 Å². The number of aliphatic hydroxyl groups excluding tert-OH is 1. The molecule has 3 fully saturated rings. The van der Waals surface area contributed by atoms with E-state index in [1.54, 1.807) is 0 Å². The topological polar surface area (TPSA) is 53.4 Å². The second kappa shape index (κ2) is 7.46. The molecule has 4 heteroatoms. The molecule has 0 radical (unpaired) electrons. The zero-order chi connectivity index (χ0) is 19.6. The van der Waals surface area contributed by atoms with E-state index in [0.29, 0.717) is 18.3 Å². The molecule has 0 saturated heterocycles. The normalized spacial score (nSPS) is 46.0. The third kappa shape index (κ3) is 3.16. The lowest BCUT2D eigenvalue weighted by molar-refractivity contribution is -0.124. The molecule has 0 spiro atoms. The maximum atomic E-state index is 11.8. The van der Waals surface area contributed by atoms with Gasteiger partial charge in [0, 0.05) is 18.3 Å². The molecule has 0 unspecified atom stereocenters. The number of hydrogen-bond acceptors (Lipinski definition) is 3. The van der Waals surface area contributed by atoms with Crippen molar-refractivity contribution < 1.29 is 10.2 Å². The average Bonchev–Trinajstić information content (AvgIpc) is 2.94. The number of fused-ring (bicyclic) bond motifs is 5. The van der Waals surface area contributed by atoms with Crippen LogP contribution in [0.3, 0.4) is 0 Å². The van der Waals surface area contributed by atoms with Gasteiger partial charge in [-0.2, -0.15) is 0 Å². The lowest BCUT2D eigenvalue weighted by Gasteiger charge is -2.59. The molecule has 2 N–H and O–H groups in total. The van der Waals surface area contributed by atoms with Crippen LogP contribution in [-0.2, 0) is 6.42 Å². The van der Waals surface area contributed by atoms with Crippen LogP contribution in [-0.4, -0.2) is 26.9 Å². The Hall–Kier alpha value is -0.710. The number of aliphatic hydroxyl groups is 2. The van der Waals surface area contributed by atoms with Gasteiger partial charge in [-0.25, -0.2) is 0 Å². The molecule has 3 nitrogen and oxygen atoms in total. The zero-order valence-electron chi connectivity index (χ0n) is 17.8. The van der Waals surface area contributed by atoms with Crippen molar-refractivity contribution in [3.8, 4) is 0 Å². The van der Waals surface area contributed by atoms with Crippen molar-refractivity contribution in [2.75, 3.05) is 0 Å². The van der Waals surface area contributed by atoms with E-state index in [4.69, 9.17) is 0 Å². The lowest BCUT2D eigenvalue weighted by Crippen LogP contribution is -2.55. The Labute approximate surface area is 185 Å². The van der Waals surface area contributed by atoms with Crippen LogP contribution in [0.25, 0.3) is 0 Å². The number of nitrogens with zero attached hydrogens (tertiary/aromatic N) is 1. The van der Waals surface area contributed by atoms with Crippen molar-refractivity contribution in [2.24, 2.45) is 28.6 Å². The quantitative estimate of drug-likeness (QED) is 0.590. The molecular formula is C25H36BrNO2. The summed E-state index contributed by atoms with van der Waals surface area (Å²) in [5.41, 5.74) is 2.17. The number of halogens is 1. The summed E-state index contributed by atoms with van der Waals surface area (Å²) in [5.74, 6) is 2.00. The summed E-state index contributed by atoms with van der Waals surface area (Å²) < 4.78 is 0. The Bertz CT molecular complexity index is 782. The fourth-order valence-corrected chi connectivity index (χ4v) is 7.84. The van der Waals surface area contributed by atoms with Crippen molar-refractivity contribution in [1.82, 2.24) is 4.98 Å². The summed E-state index contributed by atoms with van der Waals surface area (Å²) in [7, 11) is 0. The highest BCUT2D eigenvalue weighted by Gasteiger charge is 2.63. The van der Waals surface area contributed by atoms with Gasteiger partial charge in [0.05, 0.1) is 11.7 Å². The SMILES string of the molecule is Br.C[C@]12CC[C@H](O)CC1=CC[C@@H]1[C@@H]2CC[C@@]2(C)[C@H]1CC[C@@]2(O)Cc1ccccn1. The number of hydrogen-bond donors (Lipinski definition) is 2. The van der Waals surface area contributed by atoms with Crippen molar-refractivity contribution in [3.05, 3.63) is 41.7 Å². The lowest BCUT2D eigenvalue weighted by atomic mass is 9.47. The molecule has 0 amide bonds. The monoisotopic (exact) mass is 461 g/mol. The highest BCUT2D eigenvalue weighted by atomic mass is 79.9. The van der Waals surface area contributed by atoms with Gasteiger partial charge in [0.25, 0.3) is 0 Å². The molecule has 29 heavy (non-hydrogen) atoms. The first-order valence-corrected chi connectivity index (χ1v) is 11.4. The van der Waals surface area contributed by atoms with E-state index in [1.165, 1.54) is 12.0 Å². The molecule has 0 aromatic carbocycles. The van der Waals surface area contributed by atoms with Crippen molar-refractivity contribution in [1.29, 1.82) is 0 Å². The largest absolute Gasteiger partial charge is 0.393 e. The minimum Gasteiger partial charge on any atom is -0.393 e. The third-order valence-electron chi connectivity index (χ3n) is 9.60. The van der Waals surface area contributed by atoms with Gasteiger partial charge >= 0.3 is 0 Å². The minimum absolute atomic E-state index is 0. The summed E-state index contributed by atoms with van der Waals surface area (Å²) in [6.45, 7) is 4.84. The van der Waals surface area contributed by atoms with Crippen LogP contribution in [0.2, 0.25) is 0 Å². The molecule has 5 rings (SSSR count). The summed E-state index contributed by atoms with van der Waals surface area (Å²) in [6, 6.07) is 6.04. The molecule has 1 heterocycles. The molecule has 4 aliphatic carbocycles. The Morgan fingerprint density at radius 1 is 1.07 bits per heavy atom. The average molecular weight is 462 g/mol. The van der Waals surface area contributed by atoms with Gasteiger partial charge in [-0.05, 0) is 92.1 Å². The first-order valence-electron chi connectivity index (χ1n) is 11.4. The molecule has 1 aromatic rings. The van der Waals surface area contributed by atoms with E-state index >= 15 is 0 Å². The van der Waals surface area contributed by atoms with Crippen LogP contribution in [0.5, 0.6) is 0 Å². The smallest absolute Gasteiger partial charge is 0.0759 e. The van der Waals surface area contributed by atoms with Gasteiger partial charge in [-0.15, -0.1) is 17.0 Å². The van der Waals surface area contributed by atoms with Crippen LogP contribution in [0, 0.1) is 28.6 Å². The predicted molar refractivity (Wildman–Crippen MR) is 121 cm³/mol. The Morgan fingerprint density at radius 3 is 2.62 bits per heavy atom. The number of pyridine rings is 1. The van der Waals surface area contributed by atoms with E-state index in [1.807, 2.05) is 18.3 Å². The van der Waals surface area contributed by atoms with Gasteiger partial charge in [-0.3, -0.25) is 4.98 Å². The first kappa shape index (κ1) is 21.5. The van der Waals surface area contributed by atoms with E-state index in [0.717, 1.165) is 56.6 Å². The maximum absolute atomic E-state index is 11.8. The Morgan fingerprint density at radius 2 is 1.86 bits per heavy atom. The molecule has 0 bridgehead atoms. The fourth-order valence-electron chi connectivity index (χ4n) is 7.84. The molecule has 160 valence electrons. The van der Waals surface area contributed by atoms with Gasteiger partial charge < -0.3 is 10.2 Å². The zero-order valence-corrected chi connectivity index (χ0v) is 19.5. The first-order chi connectivity index (χ1) is 13.4. The molecule has 7 atom stereocenters. The summed E-state index contributed by atoms with van der Waals surface area (Å²) in [5, 5.41) is 22.0. The highest BCUT2D eigenvalue weighted by molar-refractivity contribution is 8.93. The van der Waals surface area contributed by atoms with Gasteiger partial charge in [0.15, 0.2) is 0 Å². The maximum Gasteiger partial charge on any atom is 0.0759 e. The number of allylic oxidation sites excluding steroid dienone is 1. The standard InChI is InChI=1S/C25H35NO2.BrH/c1-23-11-8-19(27)15-17(23)6-7-20-21(23)9-12-24(2)22(20)10-13-25(24,28)16-18-5-3-4-14-26-18;/h3-6,14,19-22,27-28H,7-13,15-16H2,1-2H3;1H/t19-,20+,21-,22-,23-,24-,25+;/m0./s1. The predicted octanol–water partition coefficient (Wildman–Crippen LogP) is 5.26. The molecule has 3 saturated carbocycles. The number of rotatable bonds is 2. The second-order valence-corrected chi connectivity index (χ2v) is 10.7. The Kier molecular flexibility index (Phi) is 5.53. The van der Waals surface area contributed by atoms with E-state index < -0.39 is 5.60 Å². The van der Waals surface area contributed by atoms with Crippen molar-refractivity contribution in [3.63, 3.8) is 0 Å². The summed E-state index contributed by atoms with van der Waals surface area (Å²) in [4.78, 5) is 4.52. The molecule has 0 aliphatic heterocycles. The third-order valence-corrected chi connectivity index (χ3v) is 9.60. The van der Waals surface area contributed by atoms with Gasteiger partial charge in [0.1, 0.15) is 0 Å². The van der Waals surface area contributed by atoms with E-state index in [2.05, 4.69) is 31.0 Å². The summed E-state index contributed by atoms with van der Waals surface area (Å²) >= 11 is 0. The second-order valence-electron chi connectivity index (χ2n) is 10.7. The van der Waals surface area contributed by atoms with Crippen molar-refractivity contribution in [2.45, 2.75) is 83.3 Å². The van der Waals surface area contributed by atoms with Gasteiger partial charge in [-0.1, -0.05) is 31.6 Å². The molecular weight excluding hydrogens is 426 g/mol. The summed E-state index contributed by atoms with van der Waals surface area (Å²) in [6.07, 6.45) is 13.3. The van der Waals surface area contributed by atoms with Gasteiger partial charge in [0.2, 0.25) is 0 Å². The molecule has 1 aromatic heterocycles. The van der Waals surface area contributed by atoms with Crippen LogP contribution < -0.4 is 0 Å². The van der Waals surface area contributed by atoms with Crippen LogP contribution in [0.1, 0.15) is 70.9 Å².